The van der Waals surface area contributed by atoms with Crippen molar-refractivity contribution in [1.82, 2.24) is 14.5 Å². The summed E-state index contributed by atoms with van der Waals surface area (Å²) in [6, 6.07) is 3.65. The molecule has 3 aromatic rings. The molecule has 3 heterocycles. The van der Waals surface area contributed by atoms with Gasteiger partial charge in [0.05, 0.1) is 11.3 Å². The van der Waals surface area contributed by atoms with Gasteiger partial charge in [-0.05, 0) is 54.4 Å². The zero-order valence-electron chi connectivity index (χ0n) is 18.5. The van der Waals surface area contributed by atoms with Crippen LogP contribution in [0.5, 0.6) is 0 Å². The summed E-state index contributed by atoms with van der Waals surface area (Å²) in [5.41, 5.74) is 0.394. The predicted molar refractivity (Wildman–Crippen MR) is 125 cm³/mol. The third-order valence-electron chi connectivity index (χ3n) is 6.33. The number of aromatic nitrogens is 2. The molecule has 178 valence electrons. The van der Waals surface area contributed by atoms with Crippen LogP contribution in [-0.4, -0.2) is 39.6 Å². The molecule has 5 nitrogen and oxygen atoms in total. The standard InChI is InChI=1S/C22H23BrF4N4OS/c1-11-10-31(17-8-18(32)29(4)20-19(17)28-21(23)33-20)12(2)9-30(11)13(3)15-6-5-14(24)7-16(15)22(25,26)27/h5-8,11-13H,9-10H2,1-4H3/t11-,12+,13?/m1/s1. The maximum absolute atomic E-state index is 13.6. The van der Waals surface area contributed by atoms with Crippen molar-refractivity contribution >= 4 is 43.3 Å². The average molecular weight is 547 g/mol. The number of halogens is 5. The topological polar surface area (TPSA) is 41.4 Å². The summed E-state index contributed by atoms with van der Waals surface area (Å²) in [5, 5.41) is 0. The first-order valence-corrected chi connectivity index (χ1v) is 12.0. The summed E-state index contributed by atoms with van der Waals surface area (Å²) in [4.78, 5) is 22.0. The number of fused-ring (bicyclic) bond motifs is 1. The Kier molecular flexibility index (Phi) is 6.34. The zero-order valence-corrected chi connectivity index (χ0v) is 20.9. The molecule has 0 radical (unpaired) electrons. The fourth-order valence-electron chi connectivity index (χ4n) is 4.63. The van der Waals surface area contributed by atoms with Crippen LogP contribution in [0, 0.1) is 5.82 Å². The van der Waals surface area contributed by atoms with E-state index in [1.165, 1.54) is 17.4 Å². The van der Waals surface area contributed by atoms with Crippen LogP contribution >= 0.6 is 27.3 Å². The van der Waals surface area contributed by atoms with Crippen molar-refractivity contribution in [3.63, 3.8) is 0 Å². The highest BCUT2D eigenvalue weighted by Crippen LogP contribution is 2.39. The SMILES string of the molecule is CC(c1ccc(F)cc1C(F)(F)F)N1C[C@H](C)N(c2cc(=O)n(C)c3sc(Br)nc23)C[C@H]1C. The van der Waals surface area contributed by atoms with E-state index in [0.29, 0.717) is 28.6 Å². The monoisotopic (exact) mass is 546 g/mol. The van der Waals surface area contributed by atoms with Gasteiger partial charge in [0, 0.05) is 44.3 Å². The van der Waals surface area contributed by atoms with Crippen LogP contribution in [-0.2, 0) is 13.2 Å². The van der Waals surface area contributed by atoms with E-state index in [2.05, 4.69) is 25.8 Å². The van der Waals surface area contributed by atoms with Gasteiger partial charge in [-0.15, -0.1) is 0 Å². The van der Waals surface area contributed by atoms with Crippen molar-refractivity contribution in [2.75, 3.05) is 18.0 Å². The van der Waals surface area contributed by atoms with Crippen molar-refractivity contribution in [1.29, 1.82) is 0 Å². The number of piperazine rings is 1. The summed E-state index contributed by atoms with van der Waals surface area (Å²) in [5.74, 6) is -0.909. The number of anilines is 1. The molecule has 33 heavy (non-hydrogen) atoms. The van der Waals surface area contributed by atoms with E-state index in [0.717, 1.165) is 16.6 Å². The van der Waals surface area contributed by atoms with Crippen LogP contribution in [0.4, 0.5) is 23.2 Å². The molecule has 1 aromatic carbocycles. The molecule has 1 fully saturated rings. The number of hydrogen-bond acceptors (Lipinski definition) is 5. The van der Waals surface area contributed by atoms with Crippen LogP contribution in [0.25, 0.3) is 10.3 Å². The number of aryl methyl sites for hydroxylation is 1. The molecule has 1 saturated heterocycles. The fraction of sp³-hybridized carbons (Fsp3) is 0.455. The average Bonchev–Trinajstić information content (AvgIpc) is 3.13. The van der Waals surface area contributed by atoms with Gasteiger partial charge in [0.25, 0.3) is 5.56 Å². The van der Waals surface area contributed by atoms with Gasteiger partial charge in [-0.3, -0.25) is 9.69 Å². The van der Waals surface area contributed by atoms with Gasteiger partial charge in [0.1, 0.15) is 16.2 Å². The Hall–Kier alpha value is -1.98. The summed E-state index contributed by atoms with van der Waals surface area (Å²) < 4.78 is 56.6. The lowest BCUT2D eigenvalue weighted by Crippen LogP contribution is -2.57. The third kappa shape index (κ3) is 4.42. The molecular formula is C22H23BrF4N4OS. The second kappa shape index (κ2) is 8.66. The Morgan fingerprint density at radius 3 is 2.55 bits per heavy atom. The number of benzene rings is 1. The Morgan fingerprint density at radius 1 is 1.18 bits per heavy atom. The van der Waals surface area contributed by atoms with Crippen LogP contribution < -0.4 is 10.5 Å². The molecule has 1 aliphatic heterocycles. The van der Waals surface area contributed by atoms with E-state index in [9.17, 15) is 22.4 Å². The zero-order chi connectivity index (χ0) is 24.2. The third-order valence-corrected chi connectivity index (χ3v) is 7.92. The van der Waals surface area contributed by atoms with Crippen LogP contribution in [0.1, 0.15) is 37.9 Å². The summed E-state index contributed by atoms with van der Waals surface area (Å²) in [6.45, 7) is 6.62. The maximum atomic E-state index is 13.6. The smallest absolute Gasteiger partial charge is 0.364 e. The summed E-state index contributed by atoms with van der Waals surface area (Å²) in [7, 11) is 1.70. The van der Waals surface area contributed by atoms with Crippen LogP contribution in [0.3, 0.4) is 0 Å². The van der Waals surface area contributed by atoms with Gasteiger partial charge in [0.15, 0.2) is 3.92 Å². The van der Waals surface area contributed by atoms with Gasteiger partial charge >= 0.3 is 6.18 Å². The lowest BCUT2D eigenvalue weighted by molar-refractivity contribution is -0.139. The number of alkyl halides is 3. The first-order chi connectivity index (χ1) is 15.4. The minimum atomic E-state index is -4.64. The second-order valence-electron chi connectivity index (χ2n) is 8.50. The molecule has 0 aliphatic carbocycles. The van der Waals surface area contributed by atoms with Crippen LogP contribution in [0.15, 0.2) is 33.0 Å². The molecule has 0 bridgehead atoms. The number of pyridine rings is 1. The number of hydrogen-bond donors (Lipinski definition) is 0. The first-order valence-electron chi connectivity index (χ1n) is 10.4. The fourth-order valence-corrected chi connectivity index (χ4v) is 6.04. The molecule has 1 unspecified atom stereocenters. The highest BCUT2D eigenvalue weighted by Gasteiger charge is 2.39. The van der Waals surface area contributed by atoms with Gasteiger partial charge < -0.3 is 9.47 Å². The lowest BCUT2D eigenvalue weighted by atomic mass is 9.96. The highest BCUT2D eigenvalue weighted by molar-refractivity contribution is 9.11. The predicted octanol–water partition coefficient (Wildman–Crippen LogP) is 5.58. The minimum Gasteiger partial charge on any atom is -0.364 e. The molecule has 2 aromatic heterocycles. The number of rotatable bonds is 3. The van der Waals surface area contributed by atoms with Crippen molar-refractivity contribution in [2.24, 2.45) is 7.05 Å². The van der Waals surface area contributed by atoms with Crippen LogP contribution in [0.2, 0.25) is 0 Å². The van der Waals surface area contributed by atoms with E-state index in [-0.39, 0.29) is 23.2 Å². The van der Waals surface area contributed by atoms with Crippen molar-refractivity contribution in [3.05, 3.63) is 55.5 Å². The molecule has 3 atom stereocenters. The van der Waals surface area contributed by atoms with E-state index < -0.39 is 23.6 Å². The number of thiazole rings is 1. The lowest BCUT2D eigenvalue weighted by Gasteiger charge is -2.48. The van der Waals surface area contributed by atoms with Gasteiger partial charge in [-0.2, -0.15) is 13.2 Å². The Bertz CT molecular complexity index is 1260. The Morgan fingerprint density at radius 2 is 1.88 bits per heavy atom. The van der Waals surface area contributed by atoms with E-state index in [4.69, 9.17) is 0 Å². The normalized spacial score (nSPS) is 21.1. The van der Waals surface area contributed by atoms with Gasteiger partial charge in [-0.25, -0.2) is 9.37 Å². The molecule has 0 saturated carbocycles. The quantitative estimate of drug-likeness (QED) is 0.402. The van der Waals surface area contributed by atoms with Gasteiger partial charge in [0.2, 0.25) is 0 Å². The largest absolute Gasteiger partial charge is 0.416 e. The van der Waals surface area contributed by atoms with E-state index in [1.807, 2.05) is 18.7 Å². The molecule has 0 N–H and O–H groups in total. The molecule has 11 heteroatoms. The van der Waals surface area contributed by atoms with Crippen molar-refractivity contribution in [3.8, 4) is 0 Å². The molecule has 0 spiro atoms. The Labute approximate surface area is 200 Å². The molecule has 0 amide bonds. The Balaban J connectivity index is 1.67. The second-order valence-corrected chi connectivity index (χ2v) is 10.8. The van der Waals surface area contributed by atoms with E-state index in [1.54, 1.807) is 24.6 Å². The van der Waals surface area contributed by atoms with Crippen molar-refractivity contribution < 1.29 is 17.6 Å². The van der Waals surface area contributed by atoms with Gasteiger partial charge in [-0.1, -0.05) is 17.4 Å². The molecular weight excluding hydrogens is 524 g/mol. The maximum Gasteiger partial charge on any atom is 0.416 e. The molecule has 4 rings (SSSR count). The number of nitrogens with zero attached hydrogens (tertiary/aromatic N) is 4. The van der Waals surface area contributed by atoms with Crippen molar-refractivity contribution in [2.45, 2.75) is 45.1 Å². The molecule has 1 aliphatic rings. The summed E-state index contributed by atoms with van der Waals surface area (Å²) in [6.07, 6.45) is -4.64. The highest BCUT2D eigenvalue weighted by atomic mass is 79.9. The van der Waals surface area contributed by atoms with E-state index >= 15 is 0 Å². The summed E-state index contributed by atoms with van der Waals surface area (Å²) >= 11 is 4.77. The minimum absolute atomic E-state index is 0.0517. The first kappa shape index (κ1) is 24.2.